The van der Waals surface area contributed by atoms with Crippen LogP contribution in [-0.4, -0.2) is 33.1 Å². The van der Waals surface area contributed by atoms with Crippen molar-refractivity contribution >= 4 is 16.9 Å². The molecule has 1 aliphatic rings. The van der Waals surface area contributed by atoms with Crippen LogP contribution in [-0.2, 0) is 0 Å². The van der Waals surface area contributed by atoms with Gasteiger partial charge in [0.2, 0.25) is 0 Å². The summed E-state index contributed by atoms with van der Waals surface area (Å²) >= 11 is 0. The summed E-state index contributed by atoms with van der Waals surface area (Å²) < 4.78 is 0. The maximum absolute atomic E-state index is 12.2. The number of nitrogens with zero attached hydrogens (tertiary/aromatic N) is 2. The average Bonchev–Trinajstić information content (AvgIpc) is 2.46. The van der Waals surface area contributed by atoms with Crippen LogP contribution in [0.25, 0.3) is 11.0 Å². The molecule has 1 aromatic heterocycles. The number of benzene rings is 1. The van der Waals surface area contributed by atoms with Crippen LogP contribution in [0.3, 0.4) is 0 Å². The maximum atomic E-state index is 12.2. The third-order valence-corrected chi connectivity index (χ3v) is 4.25. The lowest BCUT2D eigenvalue weighted by molar-refractivity contribution is -0.0689. The van der Waals surface area contributed by atoms with E-state index in [0.717, 1.165) is 5.52 Å². The molecule has 2 aromatic rings. The number of carbonyl (C=O) groups is 1. The summed E-state index contributed by atoms with van der Waals surface area (Å²) in [6.45, 7) is 3.91. The molecule has 1 aromatic carbocycles. The maximum Gasteiger partial charge on any atom is 0.251 e. The van der Waals surface area contributed by atoms with Crippen molar-refractivity contribution < 1.29 is 9.90 Å². The van der Waals surface area contributed by atoms with Crippen LogP contribution in [0.2, 0.25) is 0 Å². The number of aromatic nitrogens is 2. The van der Waals surface area contributed by atoms with Gasteiger partial charge in [0.1, 0.15) is 0 Å². The van der Waals surface area contributed by atoms with Gasteiger partial charge in [-0.05, 0) is 24.6 Å². The Labute approximate surface area is 117 Å². The van der Waals surface area contributed by atoms with E-state index in [1.807, 2.05) is 13.8 Å². The van der Waals surface area contributed by atoms with Gasteiger partial charge in [0.25, 0.3) is 5.91 Å². The second-order valence-corrected chi connectivity index (χ2v) is 5.86. The van der Waals surface area contributed by atoms with E-state index in [2.05, 4.69) is 15.3 Å². The second kappa shape index (κ2) is 4.52. The number of rotatable bonds is 2. The summed E-state index contributed by atoms with van der Waals surface area (Å²) in [5, 5.41) is 12.7. The number of amides is 1. The van der Waals surface area contributed by atoms with E-state index in [4.69, 9.17) is 0 Å². The lowest BCUT2D eigenvalue weighted by Crippen LogP contribution is -2.61. The molecule has 0 bridgehead atoms. The van der Waals surface area contributed by atoms with Crippen LogP contribution < -0.4 is 5.32 Å². The molecule has 1 amide bonds. The van der Waals surface area contributed by atoms with Gasteiger partial charge in [-0.2, -0.15) is 0 Å². The Hall–Kier alpha value is -2.01. The van der Waals surface area contributed by atoms with E-state index < -0.39 is 0 Å². The summed E-state index contributed by atoms with van der Waals surface area (Å²) in [6, 6.07) is 5.27. The number of carbonyl (C=O) groups excluding carboxylic acids is 1. The third-order valence-electron chi connectivity index (χ3n) is 4.25. The number of hydrogen-bond donors (Lipinski definition) is 2. The van der Waals surface area contributed by atoms with Crippen LogP contribution in [0.4, 0.5) is 0 Å². The number of nitrogens with one attached hydrogen (secondary N) is 1. The average molecular weight is 271 g/mol. The molecular formula is C15H17N3O2. The standard InChI is InChI=1S/C15H17N3O2/c1-15(2)12(8-13(15)19)18-14(20)9-3-4-10-11(7-9)17-6-5-16-10/h3-7,12-13,19H,8H2,1-2H3,(H,18,20). The lowest BCUT2D eigenvalue weighted by Gasteiger charge is -2.49. The third kappa shape index (κ3) is 2.04. The van der Waals surface area contributed by atoms with Crippen LogP contribution >= 0.6 is 0 Å². The molecule has 1 aliphatic carbocycles. The molecule has 0 saturated heterocycles. The predicted octanol–water partition coefficient (Wildman–Crippen LogP) is 1.52. The Balaban J connectivity index is 1.79. The van der Waals surface area contributed by atoms with Gasteiger partial charge in [0, 0.05) is 29.4 Å². The zero-order valence-electron chi connectivity index (χ0n) is 11.5. The minimum absolute atomic E-state index is 0.00237. The summed E-state index contributed by atoms with van der Waals surface area (Å²) in [7, 11) is 0. The summed E-state index contributed by atoms with van der Waals surface area (Å²) in [4.78, 5) is 20.6. The Morgan fingerprint density at radius 2 is 2.00 bits per heavy atom. The molecule has 2 atom stereocenters. The van der Waals surface area contributed by atoms with Crippen molar-refractivity contribution in [2.45, 2.75) is 32.4 Å². The highest BCUT2D eigenvalue weighted by atomic mass is 16.3. The van der Waals surface area contributed by atoms with Gasteiger partial charge < -0.3 is 10.4 Å². The van der Waals surface area contributed by atoms with Gasteiger partial charge in [-0.1, -0.05) is 13.8 Å². The Kier molecular flexibility index (Phi) is 2.94. The first kappa shape index (κ1) is 13.0. The largest absolute Gasteiger partial charge is 0.392 e. The van der Waals surface area contributed by atoms with Crippen molar-refractivity contribution in [2.75, 3.05) is 0 Å². The number of fused-ring (bicyclic) bond motifs is 1. The highest BCUT2D eigenvalue weighted by Crippen LogP contribution is 2.40. The number of hydrogen-bond acceptors (Lipinski definition) is 4. The first-order valence-electron chi connectivity index (χ1n) is 6.68. The highest BCUT2D eigenvalue weighted by Gasteiger charge is 2.47. The van der Waals surface area contributed by atoms with E-state index in [-0.39, 0.29) is 23.5 Å². The van der Waals surface area contributed by atoms with E-state index >= 15 is 0 Å². The zero-order valence-corrected chi connectivity index (χ0v) is 11.5. The van der Waals surface area contributed by atoms with Gasteiger partial charge >= 0.3 is 0 Å². The van der Waals surface area contributed by atoms with E-state index in [0.29, 0.717) is 17.5 Å². The molecule has 0 spiro atoms. The van der Waals surface area contributed by atoms with Crippen molar-refractivity contribution in [3.63, 3.8) is 0 Å². The van der Waals surface area contributed by atoms with Gasteiger partial charge in [0.05, 0.1) is 17.1 Å². The monoisotopic (exact) mass is 271 g/mol. The molecule has 1 saturated carbocycles. The number of aliphatic hydroxyl groups is 1. The van der Waals surface area contributed by atoms with Crippen LogP contribution in [0.5, 0.6) is 0 Å². The van der Waals surface area contributed by atoms with E-state index in [9.17, 15) is 9.90 Å². The Bertz CT molecular complexity index is 669. The molecule has 0 radical (unpaired) electrons. The molecule has 2 unspecified atom stereocenters. The van der Waals surface area contributed by atoms with Crippen LogP contribution in [0.1, 0.15) is 30.6 Å². The normalized spacial score (nSPS) is 24.1. The Morgan fingerprint density at radius 3 is 2.65 bits per heavy atom. The SMILES string of the molecule is CC1(C)C(O)CC1NC(=O)c1ccc2nccnc2c1. The molecule has 20 heavy (non-hydrogen) atoms. The fourth-order valence-electron chi connectivity index (χ4n) is 2.49. The van der Waals surface area contributed by atoms with Gasteiger partial charge in [-0.3, -0.25) is 14.8 Å². The number of aliphatic hydroxyl groups excluding tert-OH is 1. The van der Waals surface area contributed by atoms with Crippen LogP contribution in [0, 0.1) is 5.41 Å². The molecule has 1 fully saturated rings. The van der Waals surface area contributed by atoms with Crippen LogP contribution in [0.15, 0.2) is 30.6 Å². The van der Waals surface area contributed by atoms with Gasteiger partial charge in [-0.25, -0.2) is 0 Å². The molecule has 104 valence electrons. The lowest BCUT2D eigenvalue weighted by atomic mass is 9.64. The van der Waals surface area contributed by atoms with Gasteiger partial charge in [-0.15, -0.1) is 0 Å². The second-order valence-electron chi connectivity index (χ2n) is 5.86. The fraction of sp³-hybridized carbons (Fsp3) is 0.400. The molecule has 0 aliphatic heterocycles. The summed E-state index contributed by atoms with van der Waals surface area (Å²) in [6.07, 6.45) is 3.48. The van der Waals surface area contributed by atoms with E-state index in [1.54, 1.807) is 30.6 Å². The minimum atomic E-state index is -0.352. The molecule has 5 heteroatoms. The summed E-state index contributed by atoms with van der Waals surface area (Å²) in [5.74, 6) is -0.137. The molecule has 1 heterocycles. The smallest absolute Gasteiger partial charge is 0.251 e. The van der Waals surface area contributed by atoms with Crippen molar-refractivity contribution in [3.8, 4) is 0 Å². The fourth-order valence-corrected chi connectivity index (χ4v) is 2.49. The minimum Gasteiger partial charge on any atom is -0.392 e. The first-order chi connectivity index (χ1) is 9.48. The zero-order chi connectivity index (χ0) is 14.3. The molecule has 2 N–H and O–H groups in total. The van der Waals surface area contributed by atoms with Crippen molar-refractivity contribution in [3.05, 3.63) is 36.2 Å². The first-order valence-corrected chi connectivity index (χ1v) is 6.68. The van der Waals surface area contributed by atoms with Crippen molar-refractivity contribution in [2.24, 2.45) is 5.41 Å². The Morgan fingerprint density at radius 1 is 1.30 bits per heavy atom. The highest BCUT2D eigenvalue weighted by molar-refractivity contribution is 5.97. The van der Waals surface area contributed by atoms with Crippen molar-refractivity contribution in [1.82, 2.24) is 15.3 Å². The van der Waals surface area contributed by atoms with E-state index in [1.165, 1.54) is 0 Å². The molecule has 5 nitrogen and oxygen atoms in total. The quantitative estimate of drug-likeness (QED) is 0.868. The molecular weight excluding hydrogens is 254 g/mol. The topological polar surface area (TPSA) is 75.1 Å². The molecule has 3 rings (SSSR count). The predicted molar refractivity (Wildman–Crippen MR) is 75.2 cm³/mol. The van der Waals surface area contributed by atoms with Crippen molar-refractivity contribution in [1.29, 1.82) is 0 Å². The van der Waals surface area contributed by atoms with Gasteiger partial charge in [0.15, 0.2) is 0 Å². The summed E-state index contributed by atoms with van der Waals surface area (Å²) in [5.41, 5.74) is 1.76.